The number of nitrogens with one attached hydrogen (secondary N) is 2. The molecule has 3 rings (SSSR count). The number of carbonyl (C=O) groups excluding carboxylic acids is 2. The van der Waals surface area contributed by atoms with Gasteiger partial charge in [-0.2, -0.15) is 0 Å². The lowest BCUT2D eigenvalue weighted by atomic mass is 9.96. The average Bonchev–Trinajstić information content (AvgIpc) is 2.81. The zero-order chi connectivity index (χ0) is 23.8. The molecule has 0 aromatic heterocycles. The molecule has 1 aliphatic heterocycles. The van der Waals surface area contributed by atoms with Crippen LogP contribution in [0.25, 0.3) is 0 Å². The number of nitrogens with zero attached hydrogens (tertiary/aromatic N) is 1. The summed E-state index contributed by atoms with van der Waals surface area (Å²) < 4.78 is 32.8. The molecule has 178 valence electrons. The van der Waals surface area contributed by atoms with Crippen molar-refractivity contribution < 1.29 is 22.7 Å². The fourth-order valence-electron chi connectivity index (χ4n) is 3.67. The maximum absolute atomic E-state index is 13.1. The fraction of sp³-hybridized carbons (Fsp3) is 0.391. The zero-order valence-electron chi connectivity index (χ0n) is 18.4. The summed E-state index contributed by atoms with van der Waals surface area (Å²) >= 11 is 5.83. The summed E-state index contributed by atoms with van der Waals surface area (Å²) in [5, 5.41) is 3.33. The first-order valence-corrected chi connectivity index (χ1v) is 12.6. The molecule has 2 aromatic rings. The van der Waals surface area contributed by atoms with Gasteiger partial charge in [0.25, 0.3) is 15.9 Å². The molecule has 2 N–H and O–H groups in total. The molecule has 1 aliphatic rings. The quantitative estimate of drug-likeness (QED) is 0.522. The number of anilines is 1. The largest absolute Gasteiger partial charge is 0.385 e. The van der Waals surface area contributed by atoms with E-state index in [0.29, 0.717) is 36.8 Å². The molecule has 33 heavy (non-hydrogen) atoms. The first-order chi connectivity index (χ1) is 15.8. The predicted molar refractivity (Wildman–Crippen MR) is 127 cm³/mol. The number of sulfonamides is 1. The third-order valence-corrected chi connectivity index (χ3v) is 7.04. The van der Waals surface area contributed by atoms with Crippen molar-refractivity contribution in [1.82, 2.24) is 10.2 Å². The molecule has 0 bridgehead atoms. The summed E-state index contributed by atoms with van der Waals surface area (Å²) in [6.45, 7) is 1.99. The van der Waals surface area contributed by atoms with Gasteiger partial charge < -0.3 is 15.0 Å². The maximum atomic E-state index is 13.1. The van der Waals surface area contributed by atoms with E-state index in [-0.39, 0.29) is 28.3 Å². The Hall–Kier alpha value is -2.62. The Morgan fingerprint density at radius 1 is 1.18 bits per heavy atom. The molecule has 1 heterocycles. The van der Waals surface area contributed by atoms with Gasteiger partial charge >= 0.3 is 0 Å². The van der Waals surface area contributed by atoms with Gasteiger partial charge in [-0.3, -0.25) is 14.3 Å². The van der Waals surface area contributed by atoms with Crippen LogP contribution in [0.4, 0.5) is 5.69 Å². The second-order valence-electron chi connectivity index (χ2n) is 7.87. The summed E-state index contributed by atoms with van der Waals surface area (Å²) in [5.74, 6) is -0.565. The number of ether oxygens (including phenoxy) is 1. The molecular weight excluding hydrogens is 466 g/mol. The highest BCUT2D eigenvalue weighted by Gasteiger charge is 2.29. The second kappa shape index (κ2) is 11.5. The number of halogens is 1. The van der Waals surface area contributed by atoms with Crippen LogP contribution in [0.2, 0.25) is 5.02 Å². The minimum absolute atomic E-state index is 0.0620. The van der Waals surface area contributed by atoms with Gasteiger partial charge in [-0.25, -0.2) is 8.42 Å². The van der Waals surface area contributed by atoms with Crippen molar-refractivity contribution in [1.29, 1.82) is 0 Å². The van der Waals surface area contributed by atoms with Gasteiger partial charge in [-0.15, -0.1) is 0 Å². The van der Waals surface area contributed by atoms with Crippen molar-refractivity contribution in [3.8, 4) is 0 Å². The number of rotatable bonds is 9. The van der Waals surface area contributed by atoms with Crippen LogP contribution in [-0.2, 0) is 19.6 Å². The summed E-state index contributed by atoms with van der Waals surface area (Å²) in [6.07, 6.45) is 2.18. The van der Waals surface area contributed by atoms with E-state index in [0.717, 1.165) is 19.3 Å². The first kappa shape index (κ1) is 25.0. The molecule has 1 saturated heterocycles. The minimum atomic E-state index is -3.83. The van der Waals surface area contributed by atoms with Crippen LogP contribution in [0.1, 0.15) is 29.6 Å². The molecule has 8 nitrogen and oxygen atoms in total. The Bertz CT molecular complexity index is 1080. The fourth-order valence-corrected chi connectivity index (χ4v) is 4.85. The third-order valence-electron chi connectivity index (χ3n) is 5.39. The van der Waals surface area contributed by atoms with E-state index in [4.69, 9.17) is 16.3 Å². The Kier molecular flexibility index (Phi) is 8.71. The van der Waals surface area contributed by atoms with E-state index in [9.17, 15) is 18.0 Å². The highest BCUT2D eigenvalue weighted by molar-refractivity contribution is 7.92. The number of likely N-dealkylation sites (tertiary alicyclic amines) is 1. The Balaban J connectivity index is 1.65. The molecule has 2 amide bonds. The number of hydrogen-bond acceptors (Lipinski definition) is 5. The number of hydrogen-bond donors (Lipinski definition) is 2. The van der Waals surface area contributed by atoms with Gasteiger partial charge in [0, 0.05) is 49.6 Å². The van der Waals surface area contributed by atoms with Crippen LogP contribution >= 0.6 is 11.6 Å². The number of carbonyl (C=O) groups is 2. The van der Waals surface area contributed by atoms with Gasteiger partial charge in [-0.05, 0) is 61.7 Å². The van der Waals surface area contributed by atoms with Crippen LogP contribution in [0.15, 0.2) is 53.4 Å². The lowest BCUT2D eigenvalue weighted by Crippen LogP contribution is -2.45. The van der Waals surface area contributed by atoms with Crippen molar-refractivity contribution >= 4 is 39.1 Å². The van der Waals surface area contributed by atoms with Gasteiger partial charge in [0.2, 0.25) is 5.91 Å². The zero-order valence-corrected chi connectivity index (χ0v) is 20.0. The molecular formula is C23H28ClN3O5S. The lowest BCUT2D eigenvalue weighted by Gasteiger charge is -2.32. The molecule has 0 saturated carbocycles. The van der Waals surface area contributed by atoms with E-state index in [1.165, 1.54) is 30.3 Å². The first-order valence-electron chi connectivity index (χ1n) is 10.7. The van der Waals surface area contributed by atoms with Crippen molar-refractivity contribution in [2.45, 2.75) is 24.2 Å². The van der Waals surface area contributed by atoms with E-state index in [1.54, 1.807) is 30.2 Å². The number of methoxy groups -OCH3 is 1. The monoisotopic (exact) mass is 493 g/mol. The van der Waals surface area contributed by atoms with Crippen LogP contribution in [0, 0.1) is 5.92 Å². The summed E-state index contributed by atoms with van der Waals surface area (Å²) in [6, 6.07) is 12.2. The predicted octanol–water partition coefficient (Wildman–Crippen LogP) is 3.15. The second-order valence-corrected chi connectivity index (χ2v) is 9.99. The summed E-state index contributed by atoms with van der Waals surface area (Å²) in [5.41, 5.74) is 0.632. The Morgan fingerprint density at radius 2 is 1.94 bits per heavy atom. The van der Waals surface area contributed by atoms with Gasteiger partial charge in [0.15, 0.2) is 0 Å². The van der Waals surface area contributed by atoms with Crippen LogP contribution in [0.5, 0.6) is 0 Å². The third kappa shape index (κ3) is 6.93. The van der Waals surface area contributed by atoms with Crippen molar-refractivity contribution in [3.63, 3.8) is 0 Å². The molecule has 0 radical (unpaired) electrons. The van der Waals surface area contributed by atoms with Crippen LogP contribution in [-0.4, -0.2) is 58.5 Å². The number of piperidine rings is 1. The molecule has 0 unspecified atom stereocenters. The van der Waals surface area contributed by atoms with E-state index < -0.39 is 10.0 Å². The molecule has 0 aliphatic carbocycles. The van der Waals surface area contributed by atoms with Gasteiger partial charge in [0.1, 0.15) is 0 Å². The van der Waals surface area contributed by atoms with Crippen LogP contribution in [0.3, 0.4) is 0 Å². The smallest absolute Gasteiger partial charge is 0.261 e. The van der Waals surface area contributed by atoms with E-state index in [2.05, 4.69) is 10.0 Å². The minimum Gasteiger partial charge on any atom is -0.385 e. The molecule has 0 spiro atoms. The number of benzene rings is 2. The summed E-state index contributed by atoms with van der Waals surface area (Å²) in [4.78, 5) is 27.3. The lowest BCUT2D eigenvalue weighted by molar-refractivity contribution is -0.126. The molecule has 1 fully saturated rings. The van der Waals surface area contributed by atoms with Gasteiger partial charge in [-0.1, -0.05) is 17.7 Å². The molecule has 1 atom stereocenters. The summed E-state index contributed by atoms with van der Waals surface area (Å²) in [7, 11) is -2.21. The highest BCUT2D eigenvalue weighted by atomic mass is 35.5. The molecule has 2 aromatic carbocycles. The van der Waals surface area contributed by atoms with Crippen molar-refractivity contribution in [2.75, 3.05) is 38.1 Å². The van der Waals surface area contributed by atoms with E-state index >= 15 is 0 Å². The van der Waals surface area contributed by atoms with E-state index in [1.807, 2.05) is 0 Å². The topological polar surface area (TPSA) is 105 Å². The normalized spacial score (nSPS) is 16.3. The Morgan fingerprint density at radius 3 is 2.67 bits per heavy atom. The average molecular weight is 494 g/mol. The van der Waals surface area contributed by atoms with Crippen molar-refractivity contribution in [2.24, 2.45) is 5.92 Å². The molecule has 10 heteroatoms. The van der Waals surface area contributed by atoms with Crippen LogP contribution < -0.4 is 10.0 Å². The van der Waals surface area contributed by atoms with Crippen molar-refractivity contribution in [3.05, 3.63) is 59.1 Å². The number of amides is 2. The standard InChI is InChI=1S/C23H28ClN3O5S/c1-32-14-4-12-25-22(28)18-6-3-13-27(16-18)23(29)17-5-2-7-20(15-17)26-33(30,31)21-10-8-19(24)9-11-21/h2,5,7-11,15,18,26H,3-4,6,12-14,16H2,1H3,(H,25,28)/t18-/m0/s1. The van der Waals surface area contributed by atoms with Gasteiger partial charge in [0.05, 0.1) is 10.8 Å². The Labute approximate surface area is 199 Å². The maximum Gasteiger partial charge on any atom is 0.261 e. The SMILES string of the molecule is COCCCNC(=O)[C@H]1CCCN(C(=O)c2cccc(NS(=O)(=O)c3ccc(Cl)cc3)c2)C1. The highest BCUT2D eigenvalue weighted by Crippen LogP contribution is 2.22.